The number of hydrogen-bond donors (Lipinski definition) is 0. The predicted molar refractivity (Wildman–Crippen MR) is 37.9 cm³/mol. The zero-order valence-electron chi connectivity index (χ0n) is 6.24. The van der Waals surface area contributed by atoms with Crippen LogP contribution in [0.5, 0.6) is 0 Å². The lowest BCUT2D eigenvalue weighted by molar-refractivity contribution is -0.126. The van der Waals surface area contributed by atoms with Crippen LogP contribution >= 0.6 is 0 Å². The van der Waals surface area contributed by atoms with E-state index in [1.165, 1.54) is 13.0 Å². The number of carbonyl (C=O) groups is 2. The summed E-state index contributed by atoms with van der Waals surface area (Å²) in [6.07, 6.45) is 0.939. The molecule has 1 atom stereocenters. The Morgan fingerprint density at radius 3 is 2.91 bits per heavy atom. The molecular weight excluding hydrogens is 146 g/mol. The van der Waals surface area contributed by atoms with Crippen LogP contribution in [0.25, 0.3) is 0 Å². The summed E-state index contributed by atoms with van der Waals surface area (Å²) in [5.74, 6) is -0.308. The van der Waals surface area contributed by atoms with Gasteiger partial charge in [-0.2, -0.15) is 0 Å². The number of rotatable bonds is 1. The number of cyclic esters (lactones) is 1. The van der Waals surface area contributed by atoms with Crippen LogP contribution in [0.4, 0.5) is 4.79 Å². The quantitative estimate of drug-likeness (QED) is 0.519. The highest BCUT2D eigenvalue weighted by Crippen LogP contribution is 2.12. The van der Waals surface area contributed by atoms with E-state index >= 15 is 0 Å². The molecule has 0 spiro atoms. The fraction of sp³-hybridized carbons (Fsp3) is 0.429. The van der Waals surface area contributed by atoms with Crippen molar-refractivity contribution in [2.24, 2.45) is 0 Å². The van der Waals surface area contributed by atoms with Gasteiger partial charge >= 0.3 is 6.09 Å². The molecular formula is C7H9NO3. The molecule has 4 heteroatoms. The first-order chi connectivity index (χ1) is 5.16. The molecule has 0 radical (unpaired) electrons. The van der Waals surface area contributed by atoms with Crippen LogP contribution in [0.2, 0.25) is 0 Å². The van der Waals surface area contributed by atoms with Crippen molar-refractivity contribution in [3.63, 3.8) is 0 Å². The van der Waals surface area contributed by atoms with Crippen molar-refractivity contribution in [1.82, 2.24) is 4.90 Å². The van der Waals surface area contributed by atoms with Gasteiger partial charge in [-0.05, 0) is 0 Å². The minimum absolute atomic E-state index is 0.224. The third kappa shape index (κ3) is 1.24. The van der Waals surface area contributed by atoms with Gasteiger partial charge in [-0.1, -0.05) is 6.08 Å². The lowest BCUT2D eigenvalue weighted by atomic mass is 10.3. The molecule has 1 saturated heterocycles. The largest absolute Gasteiger partial charge is 0.447 e. The Morgan fingerprint density at radius 2 is 2.55 bits per heavy atom. The van der Waals surface area contributed by atoms with Crippen LogP contribution in [-0.4, -0.2) is 29.5 Å². The molecule has 0 aromatic heterocycles. The molecule has 1 aliphatic rings. The van der Waals surface area contributed by atoms with Crippen molar-refractivity contribution < 1.29 is 14.3 Å². The van der Waals surface area contributed by atoms with Crippen molar-refractivity contribution in [3.8, 4) is 0 Å². The number of nitrogens with zero attached hydrogens (tertiary/aromatic N) is 1. The van der Waals surface area contributed by atoms with Crippen LogP contribution in [0.3, 0.4) is 0 Å². The van der Waals surface area contributed by atoms with Crippen LogP contribution in [0.1, 0.15) is 6.92 Å². The van der Waals surface area contributed by atoms with Gasteiger partial charge in [-0.3, -0.25) is 4.79 Å². The summed E-state index contributed by atoms with van der Waals surface area (Å²) in [6.45, 7) is 5.03. The Hall–Kier alpha value is -1.32. The van der Waals surface area contributed by atoms with Crippen molar-refractivity contribution in [3.05, 3.63) is 12.7 Å². The second-order valence-corrected chi connectivity index (χ2v) is 2.27. The Balaban J connectivity index is 2.79. The molecule has 0 aromatic carbocycles. The maximum atomic E-state index is 10.8. The van der Waals surface area contributed by atoms with E-state index < -0.39 is 6.09 Å². The molecule has 1 heterocycles. The van der Waals surface area contributed by atoms with E-state index in [-0.39, 0.29) is 18.6 Å². The first-order valence-corrected chi connectivity index (χ1v) is 3.26. The number of ether oxygens (including phenoxy) is 1. The minimum Gasteiger partial charge on any atom is -0.447 e. The SMILES string of the molecule is C=CC1COC(=O)N1C(C)=O. The summed E-state index contributed by atoms with van der Waals surface area (Å²) in [5.41, 5.74) is 0. The maximum absolute atomic E-state index is 10.8. The van der Waals surface area contributed by atoms with Gasteiger partial charge in [0.15, 0.2) is 0 Å². The molecule has 0 aliphatic carbocycles. The van der Waals surface area contributed by atoms with Gasteiger partial charge < -0.3 is 4.74 Å². The second-order valence-electron chi connectivity index (χ2n) is 2.27. The van der Waals surface area contributed by atoms with Gasteiger partial charge in [0, 0.05) is 6.92 Å². The molecule has 0 aromatic rings. The van der Waals surface area contributed by atoms with Gasteiger partial charge in [-0.15, -0.1) is 6.58 Å². The highest BCUT2D eigenvalue weighted by atomic mass is 16.6. The third-order valence-electron chi connectivity index (χ3n) is 1.52. The molecule has 4 nitrogen and oxygen atoms in total. The molecule has 11 heavy (non-hydrogen) atoms. The Kier molecular flexibility index (Phi) is 1.94. The van der Waals surface area contributed by atoms with E-state index in [2.05, 4.69) is 11.3 Å². The highest BCUT2D eigenvalue weighted by Gasteiger charge is 2.33. The Labute approximate surface area is 64.4 Å². The monoisotopic (exact) mass is 155 g/mol. The summed E-state index contributed by atoms with van der Waals surface area (Å²) >= 11 is 0. The van der Waals surface area contributed by atoms with Gasteiger partial charge in [0.25, 0.3) is 0 Å². The van der Waals surface area contributed by atoms with E-state index in [0.29, 0.717) is 0 Å². The van der Waals surface area contributed by atoms with Gasteiger partial charge in [0.2, 0.25) is 5.91 Å². The lowest BCUT2D eigenvalue weighted by Gasteiger charge is -2.12. The molecule has 60 valence electrons. The van der Waals surface area contributed by atoms with E-state index in [1.807, 2.05) is 0 Å². The second kappa shape index (κ2) is 2.74. The number of amides is 2. The molecule has 1 fully saturated rings. The Bertz CT molecular complexity index is 212. The molecule has 1 aliphatic heterocycles. The van der Waals surface area contributed by atoms with Crippen molar-refractivity contribution in [2.75, 3.05) is 6.61 Å². The molecule has 0 bridgehead atoms. The smallest absolute Gasteiger partial charge is 0.417 e. The zero-order valence-corrected chi connectivity index (χ0v) is 6.24. The summed E-state index contributed by atoms with van der Waals surface area (Å²) in [4.78, 5) is 22.7. The molecule has 1 rings (SSSR count). The first kappa shape index (κ1) is 7.78. The average molecular weight is 155 g/mol. The van der Waals surface area contributed by atoms with Gasteiger partial charge in [-0.25, -0.2) is 9.69 Å². The normalized spacial score (nSPS) is 23.2. The average Bonchev–Trinajstić information content (AvgIpc) is 2.30. The van der Waals surface area contributed by atoms with Crippen LogP contribution in [-0.2, 0) is 9.53 Å². The van der Waals surface area contributed by atoms with E-state index in [9.17, 15) is 9.59 Å². The third-order valence-corrected chi connectivity index (χ3v) is 1.52. The number of imide groups is 1. The lowest BCUT2D eigenvalue weighted by Crippen LogP contribution is -2.35. The minimum atomic E-state index is -0.581. The van der Waals surface area contributed by atoms with Crippen LogP contribution in [0, 0.1) is 0 Å². The molecule has 2 amide bonds. The number of carbonyl (C=O) groups excluding carboxylic acids is 2. The fourth-order valence-corrected chi connectivity index (χ4v) is 0.972. The maximum Gasteiger partial charge on any atom is 0.417 e. The van der Waals surface area contributed by atoms with Crippen LogP contribution < -0.4 is 0 Å². The van der Waals surface area contributed by atoms with Crippen LogP contribution in [0.15, 0.2) is 12.7 Å². The standard InChI is InChI=1S/C7H9NO3/c1-3-6-4-11-7(10)8(6)5(2)9/h3,6H,1,4H2,2H3. The highest BCUT2D eigenvalue weighted by molar-refractivity contribution is 5.92. The van der Waals surface area contributed by atoms with E-state index in [0.717, 1.165) is 4.90 Å². The Morgan fingerprint density at radius 1 is 1.91 bits per heavy atom. The predicted octanol–water partition coefficient (Wildman–Crippen LogP) is 0.540. The summed E-state index contributed by atoms with van der Waals surface area (Å²) in [5, 5.41) is 0. The van der Waals surface area contributed by atoms with E-state index in [1.54, 1.807) is 0 Å². The van der Waals surface area contributed by atoms with Crippen molar-refractivity contribution in [2.45, 2.75) is 13.0 Å². The molecule has 0 saturated carbocycles. The summed E-state index contributed by atoms with van der Waals surface area (Å²) in [6, 6.07) is -0.292. The molecule has 0 N–H and O–H groups in total. The van der Waals surface area contributed by atoms with E-state index in [4.69, 9.17) is 0 Å². The summed E-state index contributed by atoms with van der Waals surface area (Å²) in [7, 11) is 0. The van der Waals surface area contributed by atoms with Crippen molar-refractivity contribution >= 4 is 12.0 Å². The number of hydrogen-bond acceptors (Lipinski definition) is 3. The van der Waals surface area contributed by atoms with Gasteiger partial charge in [0.05, 0.1) is 6.04 Å². The molecule has 1 unspecified atom stereocenters. The topological polar surface area (TPSA) is 46.6 Å². The fourth-order valence-electron chi connectivity index (χ4n) is 0.972. The first-order valence-electron chi connectivity index (χ1n) is 3.26. The zero-order chi connectivity index (χ0) is 8.43. The van der Waals surface area contributed by atoms with Crippen molar-refractivity contribution in [1.29, 1.82) is 0 Å². The van der Waals surface area contributed by atoms with Gasteiger partial charge in [0.1, 0.15) is 6.61 Å². The summed E-state index contributed by atoms with van der Waals surface area (Å²) < 4.78 is 4.63.